The first-order chi connectivity index (χ1) is 9.99. The van der Waals surface area contributed by atoms with Crippen molar-refractivity contribution in [3.8, 4) is 5.75 Å². The van der Waals surface area contributed by atoms with E-state index in [1.807, 2.05) is 6.92 Å². The number of anilines is 1. The molecule has 1 saturated heterocycles. The number of hydrogen-bond donors (Lipinski definition) is 2. The summed E-state index contributed by atoms with van der Waals surface area (Å²) in [5.74, 6) is -0.293. The molecule has 0 aromatic heterocycles. The van der Waals surface area contributed by atoms with Gasteiger partial charge in [-0.25, -0.2) is 0 Å². The van der Waals surface area contributed by atoms with Gasteiger partial charge in [0.1, 0.15) is 5.75 Å². The molecule has 6 nitrogen and oxygen atoms in total. The van der Waals surface area contributed by atoms with E-state index in [2.05, 4.69) is 0 Å². The fourth-order valence-electron chi connectivity index (χ4n) is 2.52. The van der Waals surface area contributed by atoms with Gasteiger partial charge in [0.2, 0.25) is 5.91 Å². The molecule has 2 rings (SSSR count). The van der Waals surface area contributed by atoms with Crippen LogP contribution in [0, 0.1) is 5.92 Å². The molecule has 0 radical (unpaired) electrons. The van der Waals surface area contributed by atoms with Crippen LogP contribution in [0.1, 0.15) is 19.8 Å². The maximum Gasteiger partial charge on any atom is 0.260 e. The van der Waals surface area contributed by atoms with Crippen LogP contribution in [0.15, 0.2) is 24.3 Å². The second kappa shape index (κ2) is 6.47. The van der Waals surface area contributed by atoms with E-state index in [0.717, 1.165) is 12.8 Å². The van der Waals surface area contributed by atoms with Crippen LogP contribution in [0.2, 0.25) is 0 Å². The van der Waals surface area contributed by atoms with Crippen LogP contribution in [0.5, 0.6) is 5.75 Å². The maximum absolute atomic E-state index is 12.3. The molecule has 2 unspecified atom stereocenters. The molecular weight excluding hydrogens is 270 g/mol. The molecule has 0 bridgehead atoms. The van der Waals surface area contributed by atoms with Crippen LogP contribution in [0.25, 0.3) is 0 Å². The lowest BCUT2D eigenvalue weighted by molar-refractivity contribution is -0.139. The van der Waals surface area contributed by atoms with E-state index in [-0.39, 0.29) is 30.4 Å². The van der Waals surface area contributed by atoms with E-state index in [0.29, 0.717) is 18.0 Å². The lowest BCUT2D eigenvalue weighted by Crippen LogP contribution is -2.50. The summed E-state index contributed by atoms with van der Waals surface area (Å²) in [5, 5.41) is 0. The third-order valence-electron chi connectivity index (χ3n) is 3.87. The summed E-state index contributed by atoms with van der Waals surface area (Å²) in [6.07, 6.45) is 1.50. The molecule has 2 atom stereocenters. The highest BCUT2D eigenvalue weighted by Gasteiger charge is 2.31. The van der Waals surface area contributed by atoms with Gasteiger partial charge in [-0.3, -0.25) is 9.59 Å². The van der Waals surface area contributed by atoms with Gasteiger partial charge in [0.25, 0.3) is 5.91 Å². The maximum atomic E-state index is 12.3. The highest BCUT2D eigenvalue weighted by atomic mass is 16.5. The van der Waals surface area contributed by atoms with Crippen molar-refractivity contribution in [1.29, 1.82) is 0 Å². The number of likely N-dealkylation sites (tertiary alicyclic amines) is 1. The molecule has 114 valence electrons. The van der Waals surface area contributed by atoms with E-state index >= 15 is 0 Å². The third-order valence-corrected chi connectivity index (χ3v) is 3.87. The summed E-state index contributed by atoms with van der Waals surface area (Å²) in [5.41, 5.74) is 11.6. The molecule has 21 heavy (non-hydrogen) atoms. The number of benzene rings is 1. The molecule has 4 N–H and O–H groups in total. The summed E-state index contributed by atoms with van der Waals surface area (Å²) in [6, 6.07) is 7.11. The fraction of sp³-hybridized carbons (Fsp3) is 0.467. The Morgan fingerprint density at radius 2 is 2.05 bits per heavy atom. The molecule has 6 heteroatoms. The van der Waals surface area contributed by atoms with E-state index in [1.165, 1.54) is 0 Å². The number of primary amides is 1. The highest BCUT2D eigenvalue weighted by molar-refractivity contribution is 5.81. The van der Waals surface area contributed by atoms with E-state index < -0.39 is 0 Å². The van der Waals surface area contributed by atoms with Crippen molar-refractivity contribution in [2.24, 2.45) is 11.7 Å². The Hall–Kier alpha value is -2.24. The molecule has 1 aromatic carbocycles. The Kier molecular flexibility index (Phi) is 4.67. The monoisotopic (exact) mass is 291 g/mol. The van der Waals surface area contributed by atoms with Gasteiger partial charge >= 0.3 is 0 Å². The summed E-state index contributed by atoms with van der Waals surface area (Å²) in [7, 11) is 0. The molecule has 1 aromatic rings. The van der Waals surface area contributed by atoms with Gasteiger partial charge in [-0.2, -0.15) is 0 Å². The Morgan fingerprint density at radius 3 is 2.71 bits per heavy atom. The largest absolute Gasteiger partial charge is 0.482 e. The molecule has 1 heterocycles. The predicted octanol–water partition coefficient (Wildman–Crippen LogP) is 0.760. The first-order valence-electron chi connectivity index (χ1n) is 7.05. The molecular formula is C15H21N3O3. The number of carbonyl (C=O) groups is 2. The molecule has 1 fully saturated rings. The Bertz CT molecular complexity index is 533. The minimum absolute atomic E-state index is 0.0878. The van der Waals surface area contributed by atoms with Gasteiger partial charge in [-0.15, -0.1) is 0 Å². The number of piperidine rings is 1. The molecule has 0 saturated carbocycles. The van der Waals surface area contributed by atoms with Crippen molar-refractivity contribution >= 4 is 17.5 Å². The van der Waals surface area contributed by atoms with E-state index in [9.17, 15) is 9.59 Å². The van der Waals surface area contributed by atoms with Crippen LogP contribution in [-0.2, 0) is 9.59 Å². The number of nitrogen functional groups attached to an aromatic ring is 1. The zero-order valence-corrected chi connectivity index (χ0v) is 12.1. The number of nitrogens with two attached hydrogens (primary N) is 2. The Labute approximate surface area is 124 Å². The van der Waals surface area contributed by atoms with Gasteiger partial charge in [-0.05, 0) is 31.9 Å². The second-order valence-corrected chi connectivity index (χ2v) is 5.40. The van der Waals surface area contributed by atoms with Gasteiger partial charge < -0.3 is 21.1 Å². The van der Waals surface area contributed by atoms with Crippen LogP contribution in [-0.4, -0.2) is 35.9 Å². The van der Waals surface area contributed by atoms with Crippen LogP contribution < -0.4 is 16.2 Å². The molecule has 0 aliphatic carbocycles. The quantitative estimate of drug-likeness (QED) is 0.800. The zero-order chi connectivity index (χ0) is 15.4. The van der Waals surface area contributed by atoms with Crippen molar-refractivity contribution in [3.63, 3.8) is 0 Å². The van der Waals surface area contributed by atoms with Crippen LogP contribution >= 0.6 is 0 Å². The normalized spacial score (nSPS) is 21.9. The Balaban J connectivity index is 1.95. The second-order valence-electron chi connectivity index (χ2n) is 5.40. The Morgan fingerprint density at radius 1 is 1.33 bits per heavy atom. The van der Waals surface area contributed by atoms with Gasteiger partial charge in [-0.1, -0.05) is 12.1 Å². The lowest BCUT2D eigenvalue weighted by Gasteiger charge is -2.36. The lowest BCUT2D eigenvalue weighted by atomic mass is 9.93. The smallest absolute Gasteiger partial charge is 0.260 e. The third kappa shape index (κ3) is 3.65. The number of amides is 2. The van der Waals surface area contributed by atoms with Crippen molar-refractivity contribution in [2.75, 3.05) is 18.9 Å². The first kappa shape index (κ1) is 15.2. The van der Waals surface area contributed by atoms with Gasteiger partial charge in [0.15, 0.2) is 6.61 Å². The van der Waals surface area contributed by atoms with E-state index in [1.54, 1.807) is 29.2 Å². The minimum Gasteiger partial charge on any atom is -0.482 e. The fourth-order valence-corrected chi connectivity index (χ4v) is 2.52. The van der Waals surface area contributed by atoms with Crippen molar-refractivity contribution < 1.29 is 14.3 Å². The first-order valence-corrected chi connectivity index (χ1v) is 7.05. The van der Waals surface area contributed by atoms with Crippen molar-refractivity contribution in [3.05, 3.63) is 24.3 Å². The minimum atomic E-state index is -0.354. The highest BCUT2D eigenvalue weighted by Crippen LogP contribution is 2.23. The summed E-state index contributed by atoms with van der Waals surface area (Å²) < 4.78 is 5.46. The number of hydrogen-bond acceptors (Lipinski definition) is 4. The molecule has 1 aliphatic heterocycles. The van der Waals surface area contributed by atoms with Crippen LogP contribution in [0.3, 0.4) is 0 Å². The molecule has 1 aliphatic rings. The number of ether oxygens (including phenoxy) is 1. The van der Waals surface area contributed by atoms with Crippen molar-refractivity contribution in [2.45, 2.75) is 25.8 Å². The van der Waals surface area contributed by atoms with E-state index in [4.69, 9.17) is 16.2 Å². The summed E-state index contributed by atoms with van der Waals surface area (Å²) in [6.45, 7) is 2.24. The predicted molar refractivity (Wildman–Crippen MR) is 79.4 cm³/mol. The topological polar surface area (TPSA) is 98.7 Å². The van der Waals surface area contributed by atoms with Gasteiger partial charge in [0, 0.05) is 12.6 Å². The average molecular weight is 291 g/mol. The van der Waals surface area contributed by atoms with Gasteiger partial charge in [0.05, 0.1) is 11.6 Å². The molecule has 0 spiro atoms. The van der Waals surface area contributed by atoms with Crippen LogP contribution in [0.4, 0.5) is 5.69 Å². The number of carbonyl (C=O) groups excluding carboxylic acids is 2. The summed E-state index contributed by atoms with van der Waals surface area (Å²) in [4.78, 5) is 25.2. The zero-order valence-electron chi connectivity index (χ0n) is 12.1. The standard InChI is InChI=1S/C15H21N3O3/c1-10-6-7-11(15(17)20)8-18(10)14(19)9-21-13-5-3-2-4-12(13)16/h2-5,10-11H,6-9,16H2,1H3,(H2,17,20). The van der Waals surface area contributed by atoms with Crippen molar-refractivity contribution in [1.82, 2.24) is 4.90 Å². The molecule has 2 amide bonds. The number of rotatable bonds is 4. The number of para-hydroxylation sites is 2. The SMILES string of the molecule is CC1CCC(C(N)=O)CN1C(=O)COc1ccccc1N. The average Bonchev–Trinajstić information content (AvgIpc) is 2.46. The summed E-state index contributed by atoms with van der Waals surface area (Å²) >= 11 is 0. The number of nitrogens with zero attached hydrogens (tertiary/aromatic N) is 1.